The Morgan fingerprint density at radius 2 is 1.43 bits per heavy atom. The molecule has 21 heavy (non-hydrogen) atoms. The van der Waals surface area contributed by atoms with E-state index in [-0.39, 0.29) is 48.7 Å². The number of hydrogen-bond acceptors (Lipinski definition) is 4. The minimum Gasteiger partial charge on any atom is -0.463 e. The summed E-state index contributed by atoms with van der Waals surface area (Å²) in [7, 11) is 0. The summed E-state index contributed by atoms with van der Waals surface area (Å²) in [4.78, 5) is 11.4. The quantitative estimate of drug-likeness (QED) is 0.287. The van der Waals surface area contributed by atoms with Gasteiger partial charge in [0.25, 0.3) is 0 Å². The summed E-state index contributed by atoms with van der Waals surface area (Å²) in [5, 5.41) is 8.49. The molecule has 5 heteroatoms. The van der Waals surface area contributed by atoms with Crippen LogP contribution in [0.4, 0.5) is 0 Å². The number of carbonyl (C=O) groups excluding carboxylic acids is 1. The van der Waals surface area contributed by atoms with E-state index in [4.69, 9.17) is 14.6 Å². The van der Waals surface area contributed by atoms with Crippen molar-refractivity contribution >= 4 is 35.5 Å². The Kier molecular flexibility index (Phi) is 23.0. The molecule has 0 atom stereocenters. The van der Waals surface area contributed by atoms with Gasteiger partial charge in [-0.3, -0.25) is 4.79 Å². The number of aliphatic hydroxyl groups is 1. The summed E-state index contributed by atoms with van der Waals surface area (Å²) in [6.45, 7) is 3.19. The third kappa shape index (κ3) is 20.4. The van der Waals surface area contributed by atoms with Gasteiger partial charge in [-0.15, -0.1) is 0 Å². The third-order valence-corrected chi connectivity index (χ3v) is 3.21. The Labute approximate surface area is 152 Å². The number of ether oxygens (including phenoxy) is 2. The molecule has 121 valence electrons. The van der Waals surface area contributed by atoms with E-state index in [0.29, 0.717) is 19.6 Å². The van der Waals surface area contributed by atoms with E-state index in [0.717, 1.165) is 12.8 Å². The van der Waals surface area contributed by atoms with Crippen molar-refractivity contribution in [3.63, 3.8) is 0 Å². The maximum absolute atomic E-state index is 11.4. The van der Waals surface area contributed by atoms with Crippen LogP contribution in [-0.2, 0) is 14.3 Å². The summed E-state index contributed by atoms with van der Waals surface area (Å²) in [6.07, 6.45) is 11.7. The minimum atomic E-state index is -0.138. The van der Waals surface area contributed by atoms with Crippen molar-refractivity contribution in [1.82, 2.24) is 0 Å². The first kappa shape index (κ1) is 23.7. The zero-order valence-corrected chi connectivity index (χ0v) is 16.1. The van der Waals surface area contributed by atoms with Crippen molar-refractivity contribution in [3.8, 4) is 0 Å². The average Bonchev–Trinajstić information content (AvgIpc) is 2.45. The van der Waals surface area contributed by atoms with Crippen LogP contribution in [0.15, 0.2) is 0 Å². The summed E-state index contributed by atoms with van der Waals surface area (Å²) in [6, 6.07) is 0. The first-order valence-corrected chi connectivity index (χ1v) is 8.15. The maximum atomic E-state index is 11.4. The van der Waals surface area contributed by atoms with E-state index in [1.54, 1.807) is 0 Å². The number of rotatable bonds is 15. The smallest absolute Gasteiger partial charge is 0.305 e. The van der Waals surface area contributed by atoms with Gasteiger partial charge in [0, 0.05) is 36.0 Å². The normalized spacial score (nSPS) is 10.2. The van der Waals surface area contributed by atoms with Crippen LogP contribution in [0, 0.1) is 0 Å². The van der Waals surface area contributed by atoms with Crippen LogP contribution < -0.4 is 0 Å². The van der Waals surface area contributed by atoms with E-state index in [1.807, 2.05) is 0 Å². The molecular formula is C16H32NaO4. The molecule has 0 aliphatic heterocycles. The van der Waals surface area contributed by atoms with Gasteiger partial charge in [0.2, 0.25) is 0 Å². The molecule has 0 fully saturated rings. The number of esters is 1. The third-order valence-electron chi connectivity index (χ3n) is 3.21. The Hall–Kier alpha value is 0.390. The van der Waals surface area contributed by atoms with Crippen molar-refractivity contribution in [1.29, 1.82) is 0 Å². The first-order valence-electron chi connectivity index (χ1n) is 8.15. The molecule has 0 aliphatic rings. The molecule has 0 spiro atoms. The molecule has 0 saturated heterocycles. The Bertz CT molecular complexity index is 212. The molecule has 1 N–H and O–H groups in total. The second kappa shape index (κ2) is 20.4. The summed E-state index contributed by atoms with van der Waals surface area (Å²) in [5.41, 5.74) is 0. The molecular weight excluding hydrogens is 279 g/mol. The van der Waals surface area contributed by atoms with Crippen LogP contribution in [0.5, 0.6) is 0 Å². The Morgan fingerprint density at radius 3 is 2.00 bits per heavy atom. The Morgan fingerprint density at radius 1 is 0.857 bits per heavy atom. The zero-order valence-electron chi connectivity index (χ0n) is 14.1. The van der Waals surface area contributed by atoms with E-state index in [2.05, 4.69) is 6.92 Å². The number of hydrogen-bond donors (Lipinski definition) is 1. The van der Waals surface area contributed by atoms with E-state index < -0.39 is 0 Å². The molecule has 0 aromatic heterocycles. The average molecular weight is 311 g/mol. The second-order valence-electron chi connectivity index (χ2n) is 5.13. The fourth-order valence-corrected chi connectivity index (χ4v) is 2.03. The molecule has 4 nitrogen and oxygen atoms in total. The molecule has 1 radical (unpaired) electrons. The van der Waals surface area contributed by atoms with Gasteiger partial charge in [-0.2, -0.15) is 0 Å². The van der Waals surface area contributed by atoms with Crippen molar-refractivity contribution in [2.75, 3.05) is 26.4 Å². The maximum Gasteiger partial charge on any atom is 0.305 e. The van der Waals surface area contributed by atoms with E-state index in [1.165, 1.54) is 44.9 Å². The van der Waals surface area contributed by atoms with Crippen molar-refractivity contribution in [2.24, 2.45) is 0 Å². The largest absolute Gasteiger partial charge is 0.463 e. The van der Waals surface area contributed by atoms with E-state index in [9.17, 15) is 4.79 Å². The first-order chi connectivity index (χ1) is 9.81. The van der Waals surface area contributed by atoms with Gasteiger partial charge in [0.15, 0.2) is 0 Å². The number of aliphatic hydroxyl groups excluding tert-OH is 1. The molecule has 0 aromatic rings. The zero-order chi connectivity index (χ0) is 14.9. The van der Waals surface area contributed by atoms with Gasteiger partial charge in [-0.1, -0.05) is 58.3 Å². The van der Waals surface area contributed by atoms with Gasteiger partial charge >= 0.3 is 5.97 Å². The molecule has 0 heterocycles. The van der Waals surface area contributed by atoms with Gasteiger partial charge in [0.05, 0.1) is 19.8 Å². The molecule has 0 aliphatic carbocycles. The summed E-state index contributed by atoms with van der Waals surface area (Å²) in [5.74, 6) is -0.138. The fourth-order valence-electron chi connectivity index (χ4n) is 2.03. The SMILES string of the molecule is CCCCCCCCCCCC(=O)OCCOCCO.[Na]. The monoisotopic (exact) mass is 311 g/mol. The summed E-state index contributed by atoms with van der Waals surface area (Å²) < 4.78 is 10.0. The van der Waals surface area contributed by atoms with Crippen LogP contribution in [0.3, 0.4) is 0 Å². The predicted octanol–water partition coefficient (Wildman–Crippen LogP) is 3.08. The number of carbonyl (C=O) groups is 1. The fraction of sp³-hybridized carbons (Fsp3) is 0.938. The van der Waals surface area contributed by atoms with Crippen LogP contribution in [0.25, 0.3) is 0 Å². The van der Waals surface area contributed by atoms with Crippen LogP contribution in [0.1, 0.15) is 71.1 Å². The topological polar surface area (TPSA) is 55.8 Å². The molecule has 0 bridgehead atoms. The second-order valence-corrected chi connectivity index (χ2v) is 5.13. The molecule has 0 aromatic carbocycles. The molecule has 0 rings (SSSR count). The van der Waals surface area contributed by atoms with Crippen molar-refractivity contribution in [3.05, 3.63) is 0 Å². The molecule has 0 unspecified atom stereocenters. The number of unbranched alkanes of at least 4 members (excludes halogenated alkanes) is 8. The Balaban J connectivity index is 0. The standard InChI is InChI=1S/C16H32O4.Na/c1-2-3-4-5-6-7-8-9-10-11-16(18)20-15-14-19-13-12-17;/h17H,2-15H2,1H3;. The van der Waals surface area contributed by atoms with Crippen molar-refractivity contribution < 1.29 is 19.4 Å². The minimum absolute atomic E-state index is 0. The van der Waals surface area contributed by atoms with Crippen LogP contribution in [-0.4, -0.2) is 67.1 Å². The van der Waals surface area contributed by atoms with E-state index >= 15 is 0 Å². The van der Waals surface area contributed by atoms with Gasteiger partial charge in [0.1, 0.15) is 6.61 Å². The van der Waals surface area contributed by atoms with Gasteiger partial charge < -0.3 is 14.6 Å². The van der Waals surface area contributed by atoms with Crippen molar-refractivity contribution in [2.45, 2.75) is 71.1 Å². The van der Waals surface area contributed by atoms with Gasteiger partial charge in [-0.05, 0) is 6.42 Å². The predicted molar refractivity (Wildman–Crippen MR) is 86.5 cm³/mol. The van der Waals surface area contributed by atoms with Gasteiger partial charge in [-0.25, -0.2) is 0 Å². The summed E-state index contributed by atoms with van der Waals surface area (Å²) >= 11 is 0. The van der Waals surface area contributed by atoms with Crippen LogP contribution in [0.2, 0.25) is 0 Å². The van der Waals surface area contributed by atoms with Crippen LogP contribution >= 0.6 is 0 Å². The molecule has 0 amide bonds. The molecule has 0 saturated carbocycles.